The van der Waals surface area contributed by atoms with Crippen molar-refractivity contribution in [3.63, 3.8) is 0 Å². The molecule has 0 radical (unpaired) electrons. The predicted molar refractivity (Wildman–Crippen MR) is 151 cm³/mol. The SMILES string of the molecule is C[C@](N)(NS(=O)(=O)c1ccc(OC(=O)C(F)(F)F)cc1)C(=O)OC(=O)c1ccc(CCc2nc(N)cc3ccccc23)cc1. The van der Waals surface area contributed by atoms with Gasteiger partial charge in [-0.2, -0.15) is 17.9 Å². The molecule has 0 saturated heterocycles. The van der Waals surface area contributed by atoms with Gasteiger partial charge in [0.1, 0.15) is 11.6 Å². The largest absolute Gasteiger partial charge is 0.491 e. The summed E-state index contributed by atoms with van der Waals surface area (Å²) in [5.74, 6) is -5.18. The van der Waals surface area contributed by atoms with Gasteiger partial charge in [0.05, 0.1) is 16.2 Å². The van der Waals surface area contributed by atoms with Crippen LogP contribution in [0.15, 0.2) is 83.8 Å². The van der Waals surface area contributed by atoms with Crippen LogP contribution in [-0.2, 0) is 37.2 Å². The lowest BCUT2D eigenvalue weighted by Gasteiger charge is -2.23. The van der Waals surface area contributed by atoms with Crippen molar-refractivity contribution in [3.8, 4) is 5.75 Å². The Morgan fingerprint density at radius 3 is 2.18 bits per heavy atom. The molecule has 0 aliphatic carbocycles. The van der Waals surface area contributed by atoms with Crippen molar-refractivity contribution in [2.45, 2.75) is 36.5 Å². The van der Waals surface area contributed by atoms with E-state index in [9.17, 15) is 36.0 Å². The summed E-state index contributed by atoms with van der Waals surface area (Å²) in [6, 6.07) is 18.9. The predicted octanol–water partition coefficient (Wildman–Crippen LogP) is 3.41. The molecule has 0 aliphatic rings. The molecule has 1 aromatic heterocycles. The van der Waals surface area contributed by atoms with E-state index in [0.29, 0.717) is 18.7 Å². The highest BCUT2D eigenvalue weighted by molar-refractivity contribution is 7.89. The number of carbonyl (C=O) groups is 3. The molecule has 1 heterocycles. The molecule has 3 aromatic carbocycles. The maximum Gasteiger partial charge on any atom is 0.491 e. The lowest BCUT2D eigenvalue weighted by atomic mass is 10.0. The Bertz CT molecular complexity index is 1830. The Balaban J connectivity index is 1.36. The van der Waals surface area contributed by atoms with Gasteiger partial charge in [-0.05, 0) is 73.2 Å². The fraction of sp³-hybridized carbons (Fsp3) is 0.172. The number of aryl methyl sites for hydroxylation is 2. The number of nitrogen functional groups attached to an aromatic ring is 1. The number of esters is 3. The third-order valence-electron chi connectivity index (χ3n) is 6.21. The first-order valence-electron chi connectivity index (χ1n) is 12.8. The molecule has 1 atom stereocenters. The van der Waals surface area contributed by atoms with Crippen LogP contribution in [0.1, 0.15) is 28.5 Å². The van der Waals surface area contributed by atoms with Crippen molar-refractivity contribution in [2.75, 3.05) is 5.73 Å². The Morgan fingerprint density at radius 2 is 1.55 bits per heavy atom. The Kier molecular flexibility index (Phi) is 9.03. The molecule has 4 aromatic rings. The van der Waals surface area contributed by atoms with Gasteiger partial charge < -0.3 is 20.9 Å². The summed E-state index contributed by atoms with van der Waals surface area (Å²) in [6.07, 6.45) is -4.11. The van der Waals surface area contributed by atoms with E-state index in [4.69, 9.17) is 16.2 Å². The molecule has 0 bridgehead atoms. The minimum Gasteiger partial charge on any atom is -0.420 e. The number of sulfonamides is 1. The molecule has 15 heteroatoms. The second-order valence-corrected chi connectivity index (χ2v) is 11.4. The van der Waals surface area contributed by atoms with Gasteiger partial charge in [-0.3, -0.25) is 0 Å². The van der Waals surface area contributed by atoms with Crippen LogP contribution < -0.4 is 20.9 Å². The third kappa shape index (κ3) is 7.75. The standard InChI is InChI=1S/C29H25F3N4O7S/c1-28(34,36-44(40,41)21-13-11-20(12-14-21)42-27(39)29(30,31)32)26(38)43-25(37)18-9-6-17(7-10-18)8-15-23-22-5-3-2-4-19(22)16-24(33)35-23/h2-7,9-14,16,36H,8,15,34H2,1H3,(H2,33,35)/t28-/m0/s1. The normalized spacial score (nSPS) is 13.2. The zero-order valence-electron chi connectivity index (χ0n) is 22.9. The first kappa shape index (κ1) is 32.1. The van der Waals surface area contributed by atoms with Crippen LogP contribution in [0.25, 0.3) is 10.8 Å². The van der Waals surface area contributed by atoms with Crippen LogP contribution in [0.2, 0.25) is 0 Å². The van der Waals surface area contributed by atoms with Crippen LogP contribution in [0.4, 0.5) is 19.0 Å². The van der Waals surface area contributed by atoms with Crippen LogP contribution in [0, 0.1) is 0 Å². The van der Waals surface area contributed by atoms with E-state index < -0.39 is 50.4 Å². The highest BCUT2D eigenvalue weighted by Crippen LogP contribution is 2.23. The smallest absolute Gasteiger partial charge is 0.420 e. The number of nitrogens with two attached hydrogens (primary N) is 2. The molecule has 11 nitrogen and oxygen atoms in total. The molecule has 0 saturated carbocycles. The van der Waals surface area contributed by atoms with Crippen molar-refractivity contribution >= 4 is 44.5 Å². The van der Waals surface area contributed by atoms with E-state index in [2.05, 4.69) is 9.72 Å². The van der Waals surface area contributed by atoms with E-state index in [1.165, 1.54) is 12.1 Å². The third-order valence-corrected chi connectivity index (χ3v) is 7.80. The molecule has 0 unspecified atom stereocenters. The fourth-order valence-electron chi connectivity index (χ4n) is 4.03. The summed E-state index contributed by atoms with van der Waals surface area (Å²) in [5, 5.41) is 1.95. The average Bonchev–Trinajstić information content (AvgIpc) is 2.95. The number of rotatable bonds is 9. The number of nitrogens with zero attached hydrogens (tertiary/aromatic N) is 1. The number of aromatic nitrogens is 1. The van der Waals surface area contributed by atoms with E-state index in [0.717, 1.165) is 53.2 Å². The zero-order chi connectivity index (χ0) is 32.3. The Morgan fingerprint density at radius 1 is 0.909 bits per heavy atom. The molecule has 0 fully saturated rings. The quantitative estimate of drug-likeness (QED) is 0.107. The van der Waals surface area contributed by atoms with E-state index in [1.54, 1.807) is 18.2 Å². The van der Waals surface area contributed by atoms with Crippen molar-refractivity contribution in [3.05, 3.63) is 95.7 Å². The number of alkyl halides is 3. The van der Waals surface area contributed by atoms with Crippen molar-refractivity contribution in [2.24, 2.45) is 5.73 Å². The first-order chi connectivity index (χ1) is 20.5. The number of carbonyl (C=O) groups excluding carboxylic acids is 3. The van der Waals surface area contributed by atoms with Gasteiger partial charge in [-0.1, -0.05) is 36.4 Å². The second kappa shape index (κ2) is 12.4. The average molecular weight is 631 g/mol. The lowest BCUT2D eigenvalue weighted by molar-refractivity contribution is -0.189. The maximum atomic E-state index is 12.7. The number of ether oxygens (including phenoxy) is 2. The van der Waals surface area contributed by atoms with Gasteiger partial charge in [0.2, 0.25) is 10.0 Å². The van der Waals surface area contributed by atoms with Gasteiger partial charge in [-0.15, -0.1) is 0 Å². The minimum atomic E-state index is -5.25. The highest BCUT2D eigenvalue weighted by Gasteiger charge is 2.41. The van der Waals surface area contributed by atoms with Gasteiger partial charge in [0.15, 0.2) is 5.66 Å². The van der Waals surface area contributed by atoms with Crippen molar-refractivity contribution in [1.29, 1.82) is 0 Å². The van der Waals surface area contributed by atoms with Crippen LogP contribution in [0.3, 0.4) is 0 Å². The van der Waals surface area contributed by atoms with Gasteiger partial charge in [-0.25, -0.2) is 27.8 Å². The molecule has 44 heavy (non-hydrogen) atoms. The van der Waals surface area contributed by atoms with E-state index in [-0.39, 0.29) is 5.56 Å². The Labute approximate surface area is 249 Å². The van der Waals surface area contributed by atoms with Crippen molar-refractivity contribution in [1.82, 2.24) is 9.71 Å². The molecule has 5 N–H and O–H groups in total. The van der Waals surface area contributed by atoms with Gasteiger partial charge in [0, 0.05) is 5.39 Å². The van der Waals surface area contributed by atoms with Crippen molar-refractivity contribution < 1.29 is 45.4 Å². The first-order valence-corrected chi connectivity index (χ1v) is 14.2. The monoisotopic (exact) mass is 630 g/mol. The zero-order valence-corrected chi connectivity index (χ0v) is 23.7. The molecule has 0 amide bonds. The number of anilines is 1. The number of fused-ring (bicyclic) bond motifs is 1. The molecule has 4 rings (SSSR count). The lowest BCUT2D eigenvalue weighted by Crippen LogP contribution is -2.60. The summed E-state index contributed by atoms with van der Waals surface area (Å²) in [4.78, 5) is 40.0. The summed E-state index contributed by atoms with van der Waals surface area (Å²) in [7, 11) is -4.55. The minimum absolute atomic E-state index is 0.00252. The summed E-state index contributed by atoms with van der Waals surface area (Å²) in [6.45, 7) is 0.941. The van der Waals surface area contributed by atoms with Crippen LogP contribution >= 0.6 is 0 Å². The molecule has 0 spiro atoms. The molecule has 0 aliphatic heterocycles. The number of benzene rings is 3. The number of nitrogens with one attached hydrogen (secondary N) is 1. The van der Waals surface area contributed by atoms with Crippen LogP contribution in [0.5, 0.6) is 5.75 Å². The highest BCUT2D eigenvalue weighted by atomic mass is 32.2. The summed E-state index contributed by atoms with van der Waals surface area (Å²) < 4.78 is 73.3. The topological polar surface area (TPSA) is 181 Å². The molecule has 230 valence electrons. The maximum absolute atomic E-state index is 12.7. The fourth-order valence-corrected chi connectivity index (χ4v) is 5.29. The number of hydrogen-bond acceptors (Lipinski definition) is 10. The summed E-state index contributed by atoms with van der Waals surface area (Å²) in [5.41, 5.74) is 11.0. The number of halogens is 3. The Hall–Kier alpha value is -4.86. The summed E-state index contributed by atoms with van der Waals surface area (Å²) >= 11 is 0. The van der Waals surface area contributed by atoms with E-state index in [1.807, 2.05) is 29.0 Å². The molecular formula is C29H25F3N4O7S. The number of pyridine rings is 1. The van der Waals surface area contributed by atoms with Gasteiger partial charge in [0.25, 0.3) is 0 Å². The number of hydrogen-bond donors (Lipinski definition) is 3. The molecular weight excluding hydrogens is 605 g/mol. The second-order valence-electron chi connectivity index (χ2n) is 9.76. The van der Waals surface area contributed by atoms with Gasteiger partial charge >= 0.3 is 24.1 Å². The van der Waals surface area contributed by atoms with E-state index >= 15 is 0 Å². The van der Waals surface area contributed by atoms with Crippen LogP contribution in [-0.4, -0.2) is 43.1 Å².